The number of benzene rings is 2. The number of hydrogen-bond acceptors (Lipinski definition) is 4. The second-order valence-electron chi connectivity index (χ2n) is 5.74. The SMILES string of the molecule is Cc1ccc(COc2nn(Cc3cccc(F)c3)c(N)c2C#N)cc1. The van der Waals surface area contributed by atoms with Gasteiger partial charge in [0.1, 0.15) is 24.3 Å². The number of aromatic nitrogens is 2. The van der Waals surface area contributed by atoms with Gasteiger partial charge in [0, 0.05) is 0 Å². The first-order chi connectivity index (χ1) is 12.1. The van der Waals surface area contributed by atoms with Crippen molar-refractivity contribution in [2.24, 2.45) is 0 Å². The molecule has 0 fully saturated rings. The first kappa shape index (κ1) is 16.5. The summed E-state index contributed by atoms with van der Waals surface area (Å²) < 4.78 is 20.4. The van der Waals surface area contributed by atoms with Crippen molar-refractivity contribution < 1.29 is 9.13 Å². The summed E-state index contributed by atoms with van der Waals surface area (Å²) in [4.78, 5) is 0. The molecule has 0 radical (unpaired) electrons. The summed E-state index contributed by atoms with van der Waals surface area (Å²) in [5, 5.41) is 13.6. The first-order valence-corrected chi connectivity index (χ1v) is 7.76. The van der Waals surface area contributed by atoms with Gasteiger partial charge in [-0.2, -0.15) is 5.26 Å². The van der Waals surface area contributed by atoms with Crippen LogP contribution in [0.5, 0.6) is 5.88 Å². The number of hydrogen-bond donors (Lipinski definition) is 1. The van der Waals surface area contributed by atoms with Crippen LogP contribution in [0.1, 0.15) is 22.3 Å². The molecule has 2 N–H and O–H groups in total. The van der Waals surface area contributed by atoms with Crippen molar-refractivity contribution >= 4 is 5.82 Å². The van der Waals surface area contributed by atoms with Crippen molar-refractivity contribution in [2.45, 2.75) is 20.1 Å². The number of aryl methyl sites for hydroxylation is 1. The van der Waals surface area contributed by atoms with Crippen molar-refractivity contribution in [3.63, 3.8) is 0 Å². The molecule has 0 aliphatic heterocycles. The maximum atomic E-state index is 13.3. The number of rotatable bonds is 5. The Kier molecular flexibility index (Phi) is 4.66. The highest BCUT2D eigenvalue weighted by Crippen LogP contribution is 2.24. The molecule has 3 aromatic rings. The summed E-state index contributed by atoms with van der Waals surface area (Å²) >= 11 is 0. The molecule has 0 aliphatic carbocycles. The molecule has 3 rings (SSSR count). The third kappa shape index (κ3) is 3.78. The van der Waals surface area contributed by atoms with Crippen LogP contribution in [-0.2, 0) is 13.2 Å². The number of nitrogens with zero attached hydrogens (tertiary/aromatic N) is 3. The Balaban J connectivity index is 1.80. The fourth-order valence-electron chi connectivity index (χ4n) is 2.42. The lowest BCUT2D eigenvalue weighted by atomic mass is 10.2. The average Bonchev–Trinajstić information content (AvgIpc) is 2.89. The molecule has 0 atom stereocenters. The third-order valence-corrected chi connectivity index (χ3v) is 3.79. The highest BCUT2D eigenvalue weighted by atomic mass is 19.1. The van der Waals surface area contributed by atoms with Gasteiger partial charge in [0.2, 0.25) is 0 Å². The normalized spacial score (nSPS) is 10.4. The standard InChI is InChI=1S/C19H17FN4O/c1-13-5-7-14(8-6-13)12-25-19-17(10-21)18(22)24(23-19)11-15-3-2-4-16(20)9-15/h2-9H,11-12,22H2,1H3. The Hall–Kier alpha value is -3.33. The monoisotopic (exact) mass is 336 g/mol. The van der Waals surface area contributed by atoms with Gasteiger partial charge in [0.25, 0.3) is 5.88 Å². The fourth-order valence-corrected chi connectivity index (χ4v) is 2.42. The lowest BCUT2D eigenvalue weighted by Gasteiger charge is -2.04. The molecule has 25 heavy (non-hydrogen) atoms. The molecule has 6 heteroatoms. The van der Waals surface area contributed by atoms with Gasteiger partial charge < -0.3 is 10.5 Å². The molecule has 126 valence electrons. The van der Waals surface area contributed by atoms with Crippen LogP contribution in [0.2, 0.25) is 0 Å². The van der Waals surface area contributed by atoms with E-state index in [1.54, 1.807) is 12.1 Å². The van der Waals surface area contributed by atoms with Gasteiger partial charge in [-0.15, -0.1) is 5.10 Å². The van der Waals surface area contributed by atoms with E-state index in [1.807, 2.05) is 37.3 Å². The molecule has 2 aromatic carbocycles. The number of halogens is 1. The third-order valence-electron chi connectivity index (χ3n) is 3.79. The van der Waals surface area contributed by atoms with E-state index >= 15 is 0 Å². The number of anilines is 1. The highest BCUT2D eigenvalue weighted by Gasteiger charge is 2.17. The minimum Gasteiger partial charge on any atom is -0.471 e. The van der Waals surface area contributed by atoms with Crippen LogP contribution in [-0.4, -0.2) is 9.78 Å². The minimum absolute atomic E-state index is 0.178. The summed E-state index contributed by atoms with van der Waals surface area (Å²) in [7, 11) is 0. The predicted octanol–water partition coefficient (Wildman–Crippen LogP) is 3.41. The quantitative estimate of drug-likeness (QED) is 0.774. The van der Waals surface area contributed by atoms with Gasteiger partial charge in [0.05, 0.1) is 6.54 Å². The second kappa shape index (κ2) is 7.05. The van der Waals surface area contributed by atoms with Crippen molar-refractivity contribution in [3.05, 3.63) is 76.6 Å². The Morgan fingerprint density at radius 3 is 2.64 bits per heavy atom. The van der Waals surface area contributed by atoms with E-state index in [-0.39, 0.29) is 36.2 Å². The molecule has 0 saturated carbocycles. The summed E-state index contributed by atoms with van der Waals surface area (Å²) in [6.07, 6.45) is 0. The Labute approximate surface area is 145 Å². The Morgan fingerprint density at radius 1 is 1.20 bits per heavy atom. The molecular weight excluding hydrogens is 319 g/mol. The second-order valence-corrected chi connectivity index (χ2v) is 5.74. The number of nitriles is 1. The van der Waals surface area contributed by atoms with Crippen LogP contribution in [0.4, 0.5) is 10.2 Å². The van der Waals surface area contributed by atoms with Crippen LogP contribution in [0.15, 0.2) is 48.5 Å². The van der Waals surface area contributed by atoms with Crippen molar-refractivity contribution in [2.75, 3.05) is 5.73 Å². The van der Waals surface area contributed by atoms with E-state index in [1.165, 1.54) is 16.8 Å². The molecule has 5 nitrogen and oxygen atoms in total. The number of ether oxygens (including phenoxy) is 1. The van der Waals surface area contributed by atoms with Gasteiger partial charge in [-0.3, -0.25) is 0 Å². The molecule has 0 spiro atoms. The number of nitrogen functional groups attached to an aromatic ring is 1. The smallest absolute Gasteiger partial charge is 0.253 e. The zero-order valence-corrected chi connectivity index (χ0v) is 13.7. The zero-order valence-electron chi connectivity index (χ0n) is 13.7. The van der Waals surface area contributed by atoms with Gasteiger partial charge >= 0.3 is 0 Å². The molecule has 0 bridgehead atoms. The van der Waals surface area contributed by atoms with Crippen LogP contribution in [0.25, 0.3) is 0 Å². The van der Waals surface area contributed by atoms with Gasteiger partial charge in [-0.1, -0.05) is 42.0 Å². The first-order valence-electron chi connectivity index (χ1n) is 7.76. The van der Waals surface area contributed by atoms with Crippen LogP contribution in [0, 0.1) is 24.1 Å². The maximum absolute atomic E-state index is 13.3. The largest absolute Gasteiger partial charge is 0.471 e. The van der Waals surface area contributed by atoms with E-state index in [9.17, 15) is 9.65 Å². The minimum atomic E-state index is -0.334. The van der Waals surface area contributed by atoms with E-state index in [0.29, 0.717) is 5.56 Å². The zero-order chi connectivity index (χ0) is 17.8. The predicted molar refractivity (Wildman–Crippen MR) is 92.4 cm³/mol. The van der Waals surface area contributed by atoms with Gasteiger partial charge in [-0.05, 0) is 30.2 Å². The van der Waals surface area contributed by atoms with E-state index in [2.05, 4.69) is 5.10 Å². The average molecular weight is 336 g/mol. The molecule has 1 heterocycles. The van der Waals surface area contributed by atoms with E-state index in [4.69, 9.17) is 10.5 Å². The Bertz CT molecular complexity index is 926. The fraction of sp³-hybridized carbons (Fsp3) is 0.158. The lowest BCUT2D eigenvalue weighted by molar-refractivity contribution is 0.289. The van der Waals surface area contributed by atoms with Crippen molar-refractivity contribution in [1.82, 2.24) is 9.78 Å². The van der Waals surface area contributed by atoms with Crippen LogP contribution >= 0.6 is 0 Å². The molecule has 0 aliphatic rings. The number of nitrogens with two attached hydrogens (primary N) is 1. The summed E-state index contributed by atoms with van der Waals surface area (Å²) in [5.74, 6) is 0.0437. The van der Waals surface area contributed by atoms with E-state index < -0.39 is 0 Å². The molecule has 1 aromatic heterocycles. The summed E-state index contributed by atoms with van der Waals surface area (Å²) in [6.45, 7) is 2.55. The molecule has 0 saturated heterocycles. The van der Waals surface area contributed by atoms with E-state index in [0.717, 1.165) is 11.1 Å². The lowest BCUT2D eigenvalue weighted by Crippen LogP contribution is -2.06. The van der Waals surface area contributed by atoms with Crippen LogP contribution < -0.4 is 10.5 Å². The Morgan fingerprint density at radius 2 is 1.96 bits per heavy atom. The van der Waals surface area contributed by atoms with Gasteiger partial charge in [-0.25, -0.2) is 9.07 Å². The highest BCUT2D eigenvalue weighted by molar-refractivity contribution is 5.55. The molecular formula is C19H17FN4O. The topological polar surface area (TPSA) is 76.9 Å². The van der Waals surface area contributed by atoms with Crippen molar-refractivity contribution in [3.8, 4) is 11.9 Å². The summed E-state index contributed by atoms with van der Waals surface area (Å²) in [5.41, 5.74) is 9.00. The van der Waals surface area contributed by atoms with Crippen LogP contribution in [0.3, 0.4) is 0 Å². The molecule has 0 amide bonds. The van der Waals surface area contributed by atoms with Crippen molar-refractivity contribution in [1.29, 1.82) is 5.26 Å². The molecule has 0 unspecified atom stereocenters. The summed E-state index contributed by atoms with van der Waals surface area (Å²) in [6, 6.07) is 16.1. The maximum Gasteiger partial charge on any atom is 0.253 e. The van der Waals surface area contributed by atoms with Gasteiger partial charge in [0.15, 0.2) is 5.56 Å².